The Kier molecular flexibility index (Phi) is 7.63. The number of nitrogens with zero attached hydrogens (tertiary/aromatic N) is 4. The van der Waals surface area contributed by atoms with Crippen LogP contribution in [0.1, 0.15) is 89.1 Å². The zero-order valence-corrected chi connectivity index (χ0v) is 23.1. The number of benzene rings is 1. The highest BCUT2D eigenvalue weighted by molar-refractivity contribution is 6.24. The zero-order chi connectivity index (χ0) is 27.6. The Bertz CT molecular complexity index is 1260. The summed E-state index contributed by atoms with van der Waals surface area (Å²) in [5.41, 5.74) is 1.78. The second-order valence-corrected chi connectivity index (χ2v) is 11.6. The molecule has 0 spiro atoms. The average Bonchev–Trinajstić information content (AvgIpc) is 3.60. The molecule has 0 radical (unpaired) electrons. The van der Waals surface area contributed by atoms with Crippen molar-refractivity contribution in [1.29, 1.82) is 0 Å². The lowest BCUT2D eigenvalue weighted by Gasteiger charge is -2.39. The third-order valence-electron chi connectivity index (χ3n) is 9.09. The summed E-state index contributed by atoms with van der Waals surface area (Å²) in [7, 11) is 0. The standard InChI is InChI=1S/C31H38N4O5/c36-28(32-16-18-33(19-17-32)30(38)26-14-8-20-40-26)22-9-7-15-34(21-22)25-13-6-12-24-27(25)31(39)35(29(24)37)23-10-4-2-1-3-5-11-23/h6,8,12-14,20,22-23H,1-5,7,9-11,15-19,21H2. The molecule has 6 rings (SSSR count). The van der Waals surface area contributed by atoms with Crippen LogP contribution in [-0.2, 0) is 4.79 Å². The molecular weight excluding hydrogens is 508 g/mol. The first-order chi connectivity index (χ1) is 19.5. The van der Waals surface area contributed by atoms with E-state index >= 15 is 0 Å². The lowest BCUT2D eigenvalue weighted by atomic mass is 9.94. The molecule has 4 aliphatic rings. The van der Waals surface area contributed by atoms with E-state index in [-0.39, 0.29) is 35.6 Å². The molecule has 1 aliphatic carbocycles. The van der Waals surface area contributed by atoms with E-state index in [0.29, 0.717) is 49.6 Å². The minimum absolute atomic E-state index is 0.0328. The van der Waals surface area contributed by atoms with Gasteiger partial charge in [-0.1, -0.05) is 38.2 Å². The van der Waals surface area contributed by atoms with Gasteiger partial charge >= 0.3 is 0 Å². The highest BCUT2D eigenvalue weighted by atomic mass is 16.3. The second kappa shape index (κ2) is 11.5. The van der Waals surface area contributed by atoms with Crippen LogP contribution in [0.15, 0.2) is 41.0 Å². The lowest BCUT2D eigenvalue weighted by Crippen LogP contribution is -2.53. The molecule has 0 N–H and O–H groups in total. The predicted octanol–water partition coefficient (Wildman–Crippen LogP) is 4.19. The fraction of sp³-hybridized carbons (Fsp3) is 0.548. The van der Waals surface area contributed by atoms with Gasteiger partial charge in [0.15, 0.2) is 5.76 Å². The molecule has 0 bridgehead atoms. The third kappa shape index (κ3) is 5.02. The summed E-state index contributed by atoms with van der Waals surface area (Å²) < 4.78 is 5.24. The van der Waals surface area contributed by atoms with Crippen molar-refractivity contribution < 1.29 is 23.6 Å². The van der Waals surface area contributed by atoms with Crippen molar-refractivity contribution in [3.63, 3.8) is 0 Å². The van der Waals surface area contributed by atoms with Crippen LogP contribution in [0.4, 0.5) is 5.69 Å². The number of anilines is 1. The maximum Gasteiger partial charge on any atom is 0.289 e. The highest BCUT2D eigenvalue weighted by Crippen LogP contribution is 2.37. The van der Waals surface area contributed by atoms with Crippen molar-refractivity contribution in [1.82, 2.24) is 14.7 Å². The van der Waals surface area contributed by atoms with Gasteiger partial charge in [-0.2, -0.15) is 0 Å². The number of furan rings is 1. The van der Waals surface area contributed by atoms with Crippen molar-refractivity contribution in [3.05, 3.63) is 53.5 Å². The molecule has 2 aromatic rings. The van der Waals surface area contributed by atoms with Crippen molar-refractivity contribution in [2.24, 2.45) is 5.92 Å². The van der Waals surface area contributed by atoms with E-state index < -0.39 is 0 Å². The highest BCUT2D eigenvalue weighted by Gasteiger charge is 2.43. The molecule has 1 aromatic heterocycles. The SMILES string of the molecule is O=C(c1ccco1)N1CCN(C(=O)C2CCCN(c3cccc4c3C(=O)N(C3CCCCCCC3)C4=O)C2)CC1. The van der Waals surface area contributed by atoms with Crippen LogP contribution in [0.3, 0.4) is 0 Å². The summed E-state index contributed by atoms with van der Waals surface area (Å²) in [6.07, 6.45) is 10.5. The number of imide groups is 1. The van der Waals surface area contributed by atoms with Crippen LogP contribution < -0.4 is 4.90 Å². The number of fused-ring (bicyclic) bond motifs is 1. The van der Waals surface area contributed by atoms with Gasteiger partial charge in [-0.3, -0.25) is 24.1 Å². The summed E-state index contributed by atoms with van der Waals surface area (Å²) in [4.78, 5) is 60.6. The van der Waals surface area contributed by atoms with Crippen molar-refractivity contribution in [2.45, 2.75) is 63.8 Å². The molecule has 1 saturated carbocycles. The molecule has 2 saturated heterocycles. The zero-order valence-electron chi connectivity index (χ0n) is 23.1. The molecule has 40 heavy (non-hydrogen) atoms. The van der Waals surface area contributed by atoms with E-state index in [4.69, 9.17) is 4.42 Å². The van der Waals surface area contributed by atoms with Gasteiger partial charge in [0.25, 0.3) is 17.7 Å². The van der Waals surface area contributed by atoms with Crippen molar-refractivity contribution in [3.8, 4) is 0 Å². The summed E-state index contributed by atoms with van der Waals surface area (Å²) >= 11 is 0. The van der Waals surface area contributed by atoms with Gasteiger partial charge in [0, 0.05) is 45.3 Å². The van der Waals surface area contributed by atoms with E-state index in [2.05, 4.69) is 4.90 Å². The number of hydrogen-bond donors (Lipinski definition) is 0. The summed E-state index contributed by atoms with van der Waals surface area (Å²) in [5, 5.41) is 0. The number of piperidine rings is 1. The Balaban J connectivity index is 1.13. The smallest absolute Gasteiger partial charge is 0.289 e. The Morgan fingerprint density at radius 2 is 1.48 bits per heavy atom. The molecule has 1 aromatic carbocycles. The van der Waals surface area contributed by atoms with Gasteiger partial charge in [-0.25, -0.2) is 0 Å². The maximum absolute atomic E-state index is 13.8. The average molecular weight is 547 g/mol. The summed E-state index contributed by atoms with van der Waals surface area (Å²) in [6.45, 7) is 3.20. The van der Waals surface area contributed by atoms with Crippen molar-refractivity contribution >= 4 is 29.3 Å². The number of amides is 4. The van der Waals surface area contributed by atoms with Gasteiger partial charge in [0.05, 0.1) is 29.0 Å². The molecule has 4 heterocycles. The number of hydrogen-bond acceptors (Lipinski definition) is 6. The lowest BCUT2D eigenvalue weighted by molar-refractivity contribution is -0.137. The largest absolute Gasteiger partial charge is 0.459 e. The van der Waals surface area contributed by atoms with Crippen LogP contribution in [0.25, 0.3) is 0 Å². The van der Waals surface area contributed by atoms with E-state index in [9.17, 15) is 19.2 Å². The Hall–Kier alpha value is -3.62. The first-order valence-corrected chi connectivity index (χ1v) is 14.9. The predicted molar refractivity (Wildman–Crippen MR) is 149 cm³/mol. The first-order valence-electron chi connectivity index (χ1n) is 14.9. The van der Waals surface area contributed by atoms with Crippen LogP contribution in [0, 0.1) is 5.92 Å². The van der Waals surface area contributed by atoms with Gasteiger partial charge in [0.1, 0.15) is 0 Å². The van der Waals surface area contributed by atoms with Gasteiger partial charge in [-0.05, 0) is 49.9 Å². The molecule has 1 atom stereocenters. The molecular formula is C31H38N4O5. The minimum atomic E-state index is -0.189. The molecule has 3 aliphatic heterocycles. The number of rotatable bonds is 4. The van der Waals surface area contributed by atoms with Crippen LogP contribution in [0.5, 0.6) is 0 Å². The maximum atomic E-state index is 13.8. The Morgan fingerprint density at radius 3 is 2.20 bits per heavy atom. The van der Waals surface area contributed by atoms with Gasteiger partial charge in [0.2, 0.25) is 5.91 Å². The van der Waals surface area contributed by atoms with E-state index in [1.54, 1.807) is 23.1 Å². The number of carbonyl (C=O) groups excluding carboxylic acids is 4. The molecule has 9 nitrogen and oxygen atoms in total. The molecule has 3 fully saturated rings. The fourth-order valence-corrected chi connectivity index (χ4v) is 6.92. The molecule has 9 heteroatoms. The minimum Gasteiger partial charge on any atom is -0.459 e. The van der Waals surface area contributed by atoms with Gasteiger partial charge < -0.3 is 19.1 Å². The molecule has 4 amide bonds. The van der Waals surface area contributed by atoms with E-state index in [1.807, 2.05) is 17.0 Å². The molecule has 212 valence electrons. The van der Waals surface area contributed by atoms with E-state index in [1.165, 1.54) is 17.6 Å². The quantitative estimate of drug-likeness (QED) is 0.534. The van der Waals surface area contributed by atoms with Gasteiger partial charge in [-0.15, -0.1) is 0 Å². The van der Waals surface area contributed by atoms with E-state index in [0.717, 1.165) is 63.6 Å². The Labute approximate surface area is 235 Å². The molecule has 1 unspecified atom stereocenters. The summed E-state index contributed by atoms with van der Waals surface area (Å²) in [6, 6.07) is 8.89. The van der Waals surface area contributed by atoms with Crippen LogP contribution >= 0.6 is 0 Å². The normalized spacial score (nSPS) is 22.8. The summed E-state index contributed by atoms with van der Waals surface area (Å²) in [5.74, 6) is -0.261. The number of piperazine rings is 1. The topological polar surface area (TPSA) is 94.4 Å². The second-order valence-electron chi connectivity index (χ2n) is 11.6. The van der Waals surface area contributed by atoms with Crippen LogP contribution in [0.2, 0.25) is 0 Å². The third-order valence-corrected chi connectivity index (χ3v) is 9.09. The van der Waals surface area contributed by atoms with Crippen molar-refractivity contribution in [2.75, 3.05) is 44.2 Å². The monoisotopic (exact) mass is 546 g/mol. The fourth-order valence-electron chi connectivity index (χ4n) is 6.92. The first kappa shape index (κ1) is 26.6. The number of carbonyl (C=O) groups is 4. The van der Waals surface area contributed by atoms with Crippen LogP contribution in [-0.4, -0.2) is 83.6 Å². The Morgan fingerprint density at radius 1 is 0.750 bits per heavy atom.